The lowest BCUT2D eigenvalue weighted by molar-refractivity contribution is 0.0979. The number of carbonyl (C=O) groups is 2. The molecule has 0 N–H and O–H groups in total. The Kier molecular flexibility index (Phi) is 3.76. The summed E-state index contributed by atoms with van der Waals surface area (Å²) >= 11 is 0. The highest BCUT2D eigenvalue weighted by atomic mass is 16.1. The molecular formula is C23H20O2. The molecule has 3 atom stereocenters. The van der Waals surface area contributed by atoms with E-state index in [0.29, 0.717) is 40.0 Å². The van der Waals surface area contributed by atoms with Crippen LogP contribution in [-0.2, 0) is 0 Å². The molecule has 25 heavy (non-hydrogen) atoms. The summed E-state index contributed by atoms with van der Waals surface area (Å²) in [6, 6.07) is 12.8. The number of carbonyl (C=O) groups excluding carboxylic acids is 2. The van der Waals surface area contributed by atoms with Crippen LogP contribution in [0.2, 0.25) is 0 Å². The molecule has 0 amide bonds. The summed E-state index contributed by atoms with van der Waals surface area (Å²) in [4.78, 5) is 25.6. The van der Waals surface area contributed by atoms with E-state index in [1.165, 1.54) is 0 Å². The van der Waals surface area contributed by atoms with Gasteiger partial charge in [0.1, 0.15) is 0 Å². The molecule has 3 unspecified atom stereocenters. The van der Waals surface area contributed by atoms with Crippen molar-refractivity contribution in [2.24, 2.45) is 11.8 Å². The van der Waals surface area contributed by atoms with E-state index in [-0.39, 0.29) is 11.6 Å². The van der Waals surface area contributed by atoms with Crippen LogP contribution >= 0.6 is 0 Å². The monoisotopic (exact) mass is 328 g/mol. The summed E-state index contributed by atoms with van der Waals surface area (Å²) in [5.74, 6) is 1.06. The van der Waals surface area contributed by atoms with Gasteiger partial charge in [0.15, 0.2) is 11.6 Å². The predicted molar refractivity (Wildman–Crippen MR) is 99.1 cm³/mol. The Hall–Kier alpha value is -2.74. The zero-order valence-corrected chi connectivity index (χ0v) is 14.1. The molecule has 2 nitrogen and oxygen atoms in total. The van der Waals surface area contributed by atoms with Crippen LogP contribution in [0.5, 0.6) is 0 Å². The molecule has 0 bridgehead atoms. The molecule has 2 aromatic carbocycles. The van der Waals surface area contributed by atoms with Crippen molar-refractivity contribution in [3.05, 3.63) is 95.6 Å². The zero-order valence-electron chi connectivity index (χ0n) is 14.1. The lowest BCUT2D eigenvalue weighted by Crippen LogP contribution is -2.21. The van der Waals surface area contributed by atoms with Crippen LogP contribution in [0.15, 0.2) is 67.8 Å². The fourth-order valence-corrected chi connectivity index (χ4v) is 4.29. The lowest BCUT2D eigenvalue weighted by Gasteiger charge is -2.21. The van der Waals surface area contributed by atoms with E-state index in [4.69, 9.17) is 0 Å². The molecule has 2 aliphatic carbocycles. The van der Waals surface area contributed by atoms with E-state index in [0.717, 1.165) is 18.4 Å². The maximum atomic E-state index is 12.9. The second-order valence-electron chi connectivity index (χ2n) is 6.98. The van der Waals surface area contributed by atoms with Gasteiger partial charge < -0.3 is 0 Å². The van der Waals surface area contributed by atoms with E-state index in [2.05, 4.69) is 13.2 Å². The minimum atomic E-state index is -0.0626. The largest absolute Gasteiger partial charge is 0.289 e. The number of benzene rings is 2. The summed E-state index contributed by atoms with van der Waals surface area (Å²) in [6.45, 7) is 7.90. The Balaban J connectivity index is 1.78. The van der Waals surface area contributed by atoms with E-state index in [1.54, 1.807) is 24.3 Å². The number of rotatable bonds is 3. The van der Waals surface area contributed by atoms with Gasteiger partial charge in [0.2, 0.25) is 0 Å². The second kappa shape index (κ2) is 5.96. The third-order valence-corrected chi connectivity index (χ3v) is 5.66. The van der Waals surface area contributed by atoms with Gasteiger partial charge in [-0.3, -0.25) is 9.59 Å². The lowest BCUT2D eigenvalue weighted by atomic mass is 9.80. The topological polar surface area (TPSA) is 34.1 Å². The van der Waals surface area contributed by atoms with Crippen molar-refractivity contribution < 1.29 is 9.59 Å². The highest BCUT2D eigenvalue weighted by molar-refractivity contribution is 6.28. The normalized spacial score (nSPS) is 24.6. The molecule has 124 valence electrons. The van der Waals surface area contributed by atoms with Gasteiger partial charge in [0.05, 0.1) is 0 Å². The Morgan fingerprint density at radius 3 is 2.08 bits per heavy atom. The van der Waals surface area contributed by atoms with Crippen LogP contribution in [0.4, 0.5) is 0 Å². The number of fused-ring (bicyclic) bond motifs is 2. The number of hydrogen-bond acceptors (Lipinski definition) is 2. The molecule has 2 aliphatic rings. The van der Waals surface area contributed by atoms with Crippen molar-refractivity contribution in [1.29, 1.82) is 0 Å². The van der Waals surface area contributed by atoms with Crippen molar-refractivity contribution in [2.45, 2.75) is 18.8 Å². The summed E-state index contributed by atoms with van der Waals surface area (Å²) in [7, 11) is 0. The minimum Gasteiger partial charge on any atom is -0.289 e. The highest BCUT2D eigenvalue weighted by Gasteiger charge is 2.34. The van der Waals surface area contributed by atoms with Crippen molar-refractivity contribution >= 4 is 11.6 Å². The summed E-state index contributed by atoms with van der Waals surface area (Å²) < 4.78 is 0. The average molecular weight is 328 g/mol. The first kappa shape index (κ1) is 15.8. The smallest absolute Gasteiger partial charge is 0.194 e. The SMILES string of the molecule is C=CC1CC(C=C)C(c2ccc3c(c2)C(=O)c2ccccc2C3=O)C1. The fourth-order valence-electron chi connectivity index (χ4n) is 4.29. The van der Waals surface area contributed by atoms with Gasteiger partial charge in [-0.15, -0.1) is 13.2 Å². The van der Waals surface area contributed by atoms with Gasteiger partial charge in [-0.1, -0.05) is 48.6 Å². The molecule has 0 aromatic heterocycles. The molecule has 4 rings (SSSR count). The number of ketones is 2. The molecule has 0 heterocycles. The molecule has 2 heteroatoms. The summed E-state index contributed by atoms with van der Waals surface area (Å²) in [5.41, 5.74) is 3.18. The molecular weight excluding hydrogens is 308 g/mol. The van der Waals surface area contributed by atoms with Gasteiger partial charge in [0.25, 0.3) is 0 Å². The third-order valence-electron chi connectivity index (χ3n) is 5.66. The molecule has 2 aromatic rings. The first-order chi connectivity index (χ1) is 12.1. The van der Waals surface area contributed by atoms with E-state index in [1.807, 2.05) is 30.4 Å². The van der Waals surface area contributed by atoms with E-state index in [9.17, 15) is 9.59 Å². The van der Waals surface area contributed by atoms with Crippen LogP contribution in [0.25, 0.3) is 0 Å². The molecule has 0 spiro atoms. The molecule has 0 radical (unpaired) electrons. The van der Waals surface area contributed by atoms with Crippen LogP contribution < -0.4 is 0 Å². The van der Waals surface area contributed by atoms with Gasteiger partial charge in [-0.2, -0.15) is 0 Å². The van der Waals surface area contributed by atoms with E-state index < -0.39 is 0 Å². The number of hydrogen-bond donors (Lipinski definition) is 0. The van der Waals surface area contributed by atoms with Crippen LogP contribution in [-0.4, -0.2) is 11.6 Å². The quantitative estimate of drug-likeness (QED) is 0.638. The van der Waals surface area contributed by atoms with Crippen LogP contribution in [0.1, 0.15) is 56.2 Å². The van der Waals surface area contributed by atoms with Crippen LogP contribution in [0, 0.1) is 11.8 Å². The van der Waals surface area contributed by atoms with Gasteiger partial charge in [-0.05, 0) is 42.2 Å². The molecule has 1 saturated carbocycles. The van der Waals surface area contributed by atoms with Gasteiger partial charge in [-0.25, -0.2) is 0 Å². The Labute approximate surface area is 147 Å². The van der Waals surface area contributed by atoms with Crippen molar-refractivity contribution in [3.8, 4) is 0 Å². The molecule has 0 saturated heterocycles. The van der Waals surface area contributed by atoms with Crippen molar-refractivity contribution in [3.63, 3.8) is 0 Å². The maximum absolute atomic E-state index is 12.9. The first-order valence-corrected chi connectivity index (χ1v) is 8.71. The third kappa shape index (κ3) is 2.41. The first-order valence-electron chi connectivity index (χ1n) is 8.71. The Morgan fingerprint density at radius 2 is 1.44 bits per heavy atom. The standard InChI is InChI=1S/C23H20O2/c1-3-14-11-15(4-2)20(12-14)16-9-10-19-21(13-16)23(25)18-8-6-5-7-17(18)22(19)24/h3-10,13-15,20H,1-2,11-12H2. The predicted octanol–water partition coefficient (Wildman–Crippen LogP) is 4.94. The van der Waals surface area contributed by atoms with Crippen LogP contribution in [0.3, 0.4) is 0 Å². The average Bonchev–Trinajstić information content (AvgIpc) is 3.09. The molecule has 1 fully saturated rings. The Morgan fingerprint density at radius 1 is 0.800 bits per heavy atom. The van der Waals surface area contributed by atoms with E-state index >= 15 is 0 Å². The van der Waals surface area contributed by atoms with Gasteiger partial charge in [0, 0.05) is 22.3 Å². The van der Waals surface area contributed by atoms with Gasteiger partial charge >= 0.3 is 0 Å². The fraction of sp³-hybridized carbons (Fsp3) is 0.217. The molecule has 0 aliphatic heterocycles. The van der Waals surface area contributed by atoms with Crippen molar-refractivity contribution in [2.75, 3.05) is 0 Å². The summed E-state index contributed by atoms with van der Waals surface area (Å²) in [5, 5.41) is 0. The Bertz CT molecular complexity index is 906. The minimum absolute atomic E-state index is 0.0551. The zero-order chi connectivity index (χ0) is 17.6. The number of allylic oxidation sites excluding steroid dienone is 2. The maximum Gasteiger partial charge on any atom is 0.194 e. The highest BCUT2D eigenvalue weighted by Crippen LogP contribution is 2.45. The van der Waals surface area contributed by atoms with Crippen molar-refractivity contribution in [1.82, 2.24) is 0 Å². The second-order valence-corrected chi connectivity index (χ2v) is 6.98. The summed E-state index contributed by atoms with van der Waals surface area (Å²) in [6.07, 6.45) is 6.08.